The zero-order valence-corrected chi connectivity index (χ0v) is 19.1. The van der Waals surface area contributed by atoms with E-state index < -0.39 is 0 Å². The van der Waals surface area contributed by atoms with Crippen molar-refractivity contribution in [2.24, 2.45) is 0 Å². The van der Waals surface area contributed by atoms with E-state index in [0.29, 0.717) is 0 Å². The Morgan fingerprint density at radius 1 is 0.912 bits per heavy atom. The summed E-state index contributed by atoms with van der Waals surface area (Å²) in [6.07, 6.45) is 1.78. The highest BCUT2D eigenvalue weighted by molar-refractivity contribution is 5.75. The summed E-state index contributed by atoms with van der Waals surface area (Å²) in [7, 11) is 0. The average molecular weight is 463 g/mol. The van der Waals surface area contributed by atoms with Crippen LogP contribution in [0.25, 0.3) is 11.0 Å². The van der Waals surface area contributed by atoms with Crippen molar-refractivity contribution in [2.45, 2.75) is 31.8 Å². The van der Waals surface area contributed by atoms with Gasteiger partial charge in [-0.25, -0.2) is 13.6 Å². The van der Waals surface area contributed by atoms with E-state index in [0.717, 1.165) is 54.9 Å². The normalized spacial score (nSPS) is 16.1. The van der Waals surface area contributed by atoms with Crippen molar-refractivity contribution in [3.8, 4) is 0 Å². The Hall–Kier alpha value is -3.45. The maximum absolute atomic E-state index is 13.6. The highest BCUT2D eigenvalue weighted by atomic mass is 19.1. The summed E-state index contributed by atoms with van der Waals surface area (Å²) in [6, 6.07) is 20.9. The third-order valence-corrected chi connectivity index (χ3v) is 6.72. The summed E-state index contributed by atoms with van der Waals surface area (Å²) in [5.41, 5.74) is 3.50. The number of aromatic nitrogens is 2. The minimum absolute atomic E-state index is 0.0492. The first kappa shape index (κ1) is 22.3. The number of H-pyrrole nitrogens is 1. The summed E-state index contributed by atoms with van der Waals surface area (Å²) in [5.74, 6) is -0.574. The Morgan fingerprint density at radius 3 is 2.06 bits per heavy atom. The van der Waals surface area contributed by atoms with E-state index in [1.54, 1.807) is 24.3 Å². The molecule has 1 saturated heterocycles. The van der Waals surface area contributed by atoms with Gasteiger partial charge < -0.3 is 14.8 Å². The Morgan fingerprint density at radius 2 is 1.47 bits per heavy atom. The van der Waals surface area contributed by atoms with Gasteiger partial charge in [-0.2, -0.15) is 0 Å². The molecule has 1 N–H and O–H groups in total. The van der Waals surface area contributed by atoms with Crippen LogP contribution in [0.2, 0.25) is 0 Å². The van der Waals surface area contributed by atoms with Gasteiger partial charge in [0.2, 0.25) is 0 Å². The summed E-state index contributed by atoms with van der Waals surface area (Å²) in [5, 5.41) is 0. The molecular formula is C27H28F2N4O. The molecular weight excluding hydrogens is 434 g/mol. The lowest BCUT2D eigenvalue weighted by Crippen LogP contribution is -2.44. The van der Waals surface area contributed by atoms with Crippen molar-refractivity contribution in [1.29, 1.82) is 0 Å². The first-order valence-corrected chi connectivity index (χ1v) is 11.7. The number of benzene rings is 3. The first-order chi connectivity index (χ1) is 16.5. The number of nitrogens with one attached hydrogen (secondary N) is 1. The molecule has 34 heavy (non-hydrogen) atoms. The number of piperidine rings is 1. The summed E-state index contributed by atoms with van der Waals surface area (Å²) < 4.78 is 29.0. The smallest absolute Gasteiger partial charge is 0.326 e. The lowest BCUT2D eigenvalue weighted by Gasteiger charge is -2.38. The van der Waals surface area contributed by atoms with Crippen molar-refractivity contribution in [2.75, 3.05) is 24.5 Å². The lowest BCUT2D eigenvalue weighted by molar-refractivity contribution is 0.180. The third kappa shape index (κ3) is 4.48. The molecule has 5 nitrogen and oxygen atoms in total. The molecule has 4 aromatic rings. The Bertz CT molecular complexity index is 1260. The predicted molar refractivity (Wildman–Crippen MR) is 132 cm³/mol. The molecule has 0 saturated carbocycles. The molecule has 0 amide bonds. The van der Waals surface area contributed by atoms with Crippen molar-refractivity contribution in [1.82, 2.24) is 14.5 Å². The topological polar surface area (TPSA) is 44.3 Å². The van der Waals surface area contributed by atoms with Crippen LogP contribution in [0.3, 0.4) is 0 Å². The lowest BCUT2D eigenvalue weighted by atomic mass is 10.0. The molecule has 1 aromatic heterocycles. The predicted octanol–water partition coefficient (Wildman–Crippen LogP) is 5.47. The average Bonchev–Trinajstić information content (AvgIpc) is 3.18. The van der Waals surface area contributed by atoms with Gasteiger partial charge in [0.15, 0.2) is 0 Å². The van der Waals surface area contributed by atoms with Gasteiger partial charge in [0.25, 0.3) is 0 Å². The van der Waals surface area contributed by atoms with E-state index in [-0.39, 0.29) is 29.4 Å². The van der Waals surface area contributed by atoms with Crippen LogP contribution in [-0.4, -0.2) is 40.1 Å². The Labute approximate surface area is 197 Å². The monoisotopic (exact) mass is 462 g/mol. The zero-order chi connectivity index (χ0) is 23.7. The third-order valence-electron chi connectivity index (χ3n) is 6.72. The fraction of sp³-hybridized carbons (Fsp3) is 0.296. The molecule has 0 spiro atoms. The molecule has 0 bridgehead atoms. The van der Waals surface area contributed by atoms with Gasteiger partial charge in [-0.3, -0.25) is 4.57 Å². The van der Waals surface area contributed by atoms with E-state index in [4.69, 9.17) is 0 Å². The molecule has 176 valence electrons. The zero-order valence-electron chi connectivity index (χ0n) is 19.1. The SMILES string of the molecule is CC(CN1CCC(n2c(=O)[nH]c3ccccc32)CC1)N(c1ccc(F)cc1)c1ccc(F)cc1. The van der Waals surface area contributed by atoms with Crippen molar-refractivity contribution in [3.63, 3.8) is 0 Å². The van der Waals surface area contributed by atoms with Gasteiger partial charge in [0.1, 0.15) is 11.6 Å². The Kier molecular flexibility index (Phi) is 6.20. The van der Waals surface area contributed by atoms with Crippen molar-refractivity contribution < 1.29 is 8.78 Å². The van der Waals surface area contributed by atoms with Gasteiger partial charge in [-0.05, 0) is 80.4 Å². The largest absolute Gasteiger partial charge is 0.337 e. The number of anilines is 2. The molecule has 1 aliphatic rings. The number of fused-ring (bicyclic) bond motifs is 1. The number of rotatable bonds is 6. The Balaban J connectivity index is 1.31. The molecule has 1 aliphatic heterocycles. The second-order valence-electron chi connectivity index (χ2n) is 9.02. The molecule has 1 unspecified atom stereocenters. The molecule has 2 heterocycles. The molecule has 3 aromatic carbocycles. The number of para-hydroxylation sites is 2. The van der Waals surface area contributed by atoms with Crippen LogP contribution in [-0.2, 0) is 0 Å². The van der Waals surface area contributed by atoms with Gasteiger partial charge in [-0.1, -0.05) is 12.1 Å². The number of likely N-dealkylation sites (tertiary alicyclic amines) is 1. The number of nitrogens with zero attached hydrogens (tertiary/aromatic N) is 3. The second kappa shape index (κ2) is 9.43. The minimum Gasteiger partial charge on any atom is -0.337 e. The van der Waals surface area contributed by atoms with Gasteiger partial charge in [0.05, 0.1) is 11.0 Å². The molecule has 1 atom stereocenters. The minimum atomic E-state index is -0.287. The number of aromatic amines is 1. The molecule has 1 fully saturated rings. The maximum Gasteiger partial charge on any atom is 0.326 e. The quantitative estimate of drug-likeness (QED) is 0.413. The van der Waals surface area contributed by atoms with E-state index in [1.807, 2.05) is 28.8 Å². The van der Waals surface area contributed by atoms with Gasteiger partial charge in [0, 0.05) is 43.1 Å². The highest BCUT2D eigenvalue weighted by Gasteiger charge is 2.26. The van der Waals surface area contributed by atoms with Crippen molar-refractivity contribution in [3.05, 3.63) is 94.9 Å². The fourth-order valence-electron chi connectivity index (χ4n) is 5.11. The highest BCUT2D eigenvalue weighted by Crippen LogP contribution is 2.30. The summed E-state index contributed by atoms with van der Waals surface area (Å²) >= 11 is 0. The number of hydrogen-bond acceptors (Lipinski definition) is 3. The van der Waals surface area contributed by atoms with Crippen LogP contribution < -0.4 is 10.6 Å². The van der Waals surface area contributed by atoms with Crippen LogP contribution in [0.1, 0.15) is 25.8 Å². The van der Waals surface area contributed by atoms with Crippen LogP contribution in [0.5, 0.6) is 0 Å². The van der Waals surface area contributed by atoms with Crippen LogP contribution in [0, 0.1) is 11.6 Å². The maximum atomic E-state index is 13.6. The van der Waals surface area contributed by atoms with Crippen LogP contribution >= 0.6 is 0 Å². The standard InChI is InChI=1S/C27H28F2N4O/c1-19(32(22-10-6-20(28)7-11-22)23-12-8-21(29)9-13-23)18-31-16-14-24(15-17-31)33-26-5-3-2-4-25(26)30-27(33)34/h2-13,19,24H,14-18H2,1H3,(H,30,34). The van der Waals surface area contributed by atoms with Crippen LogP contribution in [0.4, 0.5) is 20.2 Å². The van der Waals surface area contributed by atoms with E-state index >= 15 is 0 Å². The fourth-order valence-corrected chi connectivity index (χ4v) is 5.11. The number of imidazole rings is 1. The van der Waals surface area contributed by atoms with Crippen molar-refractivity contribution >= 4 is 22.4 Å². The second-order valence-corrected chi connectivity index (χ2v) is 9.02. The number of halogens is 2. The first-order valence-electron chi connectivity index (χ1n) is 11.7. The van der Waals surface area contributed by atoms with Gasteiger partial charge in [-0.15, -0.1) is 0 Å². The molecule has 5 rings (SSSR count). The molecule has 0 aliphatic carbocycles. The molecule has 0 radical (unpaired) electrons. The number of hydrogen-bond donors (Lipinski definition) is 1. The van der Waals surface area contributed by atoms with E-state index in [9.17, 15) is 13.6 Å². The summed E-state index contributed by atoms with van der Waals surface area (Å²) in [4.78, 5) is 20.1. The van der Waals surface area contributed by atoms with Crippen LogP contribution in [0.15, 0.2) is 77.6 Å². The summed E-state index contributed by atoms with van der Waals surface area (Å²) in [6.45, 7) is 4.68. The van der Waals surface area contributed by atoms with E-state index in [1.165, 1.54) is 24.3 Å². The molecule has 7 heteroatoms. The van der Waals surface area contributed by atoms with Gasteiger partial charge >= 0.3 is 5.69 Å². The van der Waals surface area contributed by atoms with E-state index in [2.05, 4.69) is 21.7 Å².